The van der Waals surface area contributed by atoms with Crippen LogP contribution in [0.25, 0.3) is 0 Å². The number of hydrogen-bond acceptors (Lipinski definition) is 3. The van der Waals surface area contributed by atoms with Gasteiger partial charge in [-0.1, -0.05) is 0 Å². The van der Waals surface area contributed by atoms with Crippen molar-refractivity contribution in [2.75, 3.05) is 5.88 Å². The first kappa shape index (κ1) is 14.0. The third-order valence-electron chi connectivity index (χ3n) is 2.20. The lowest BCUT2D eigenvalue weighted by Gasteiger charge is -2.24. The van der Waals surface area contributed by atoms with Crippen molar-refractivity contribution in [3.05, 3.63) is 20.8 Å². The average Bonchev–Trinajstić information content (AvgIpc) is 2.61. The molecule has 0 spiro atoms. The summed E-state index contributed by atoms with van der Waals surface area (Å²) in [6.07, 6.45) is 0.646. The third kappa shape index (κ3) is 3.73. The standard InChI is InChI=1S/C10H12BrClO3S/c11-8-3-2-7(16-8)10(15,4-1-5-12)6-9(13)14/h2-3,15H,1,4-6H2,(H,13,14). The van der Waals surface area contributed by atoms with Crippen molar-refractivity contribution >= 4 is 44.8 Å². The number of carbonyl (C=O) groups is 1. The number of alkyl halides is 1. The van der Waals surface area contributed by atoms with E-state index in [1.165, 1.54) is 11.3 Å². The van der Waals surface area contributed by atoms with Gasteiger partial charge in [-0.2, -0.15) is 0 Å². The number of aliphatic carboxylic acids is 1. The fraction of sp³-hybridized carbons (Fsp3) is 0.500. The highest BCUT2D eigenvalue weighted by atomic mass is 79.9. The molecule has 0 fully saturated rings. The van der Waals surface area contributed by atoms with Crippen molar-refractivity contribution in [3.8, 4) is 0 Å². The van der Waals surface area contributed by atoms with Gasteiger partial charge < -0.3 is 10.2 Å². The van der Waals surface area contributed by atoms with Crippen molar-refractivity contribution < 1.29 is 15.0 Å². The van der Waals surface area contributed by atoms with Crippen LogP contribution in [0.4, 0.5) is 0 Å². The van der Waals surface area contributed by atoms with Gasteiger partial charge in [0.15, 0.2) is 0 Å². The first-order chi connectivity index (χ1) is 7.48. The molecule has 6 heteroatoms. The molecular formula is C10H12BrClO3S. The number of rotatable bonds is 6. The SMILES string of the molecule is O=C(O)CC(O)(CCCCl)c1ccc(Br)s1. The van der Waals surface area contributed by atoms with Gasteiger partial charge in [-0.05, 0) is 40.9 Å². The highest BCUT2D eigenvalue weighted by Crippen LogP contribution is 2.37. The highest BCUT2D eigenvalue weighted by molar-refractivity contribution is 9.11. The Balaban J connectivity index is 2.89. The van der Waals surface area contributed by atoms with Gasteiger partial charge in [0.2, 0.25) is 0 Å². The molecule has 0 saturated heterocycles. The maximum atomic E-state index is 10.8. The van der Waals surface area contributed by atoms with Gasteiger partial charge in [0, 0.05) is 10.8 Å². The van der Waals surface area contributed by atoms with Crippen LogP contribution in [0.5, 0.6) is 0 Å². The molecule has 0 radical (unpaired) electrons. The molecule has 0 amide bonds. The van der Waals surface area contributed by atoms with Crippen molar-refractivity contribution in [3.63, 3.8) is 0 Å². The van der Waals surface area contributed by atoms with Crippen molar-refractivity contribution in [1.82, 2.24) is 0 Å². The molecule has 16 heavy (non-hydrogen) atoms. The summed E-state index contributed by atoms with van der Waals surface area (Å²) in [5, 5.41) is 19.2. The molecular weight excluding hydrogens is 316 g/mol. The first-order valence-corrected chi connectivity index (χ1v) is 6.88. The molecule has 0 saturated carbocycles. The highest BCUT2D eigenvalue weighted by Gasteiger charge is 2.33. The Kier molecular flexibility index (Phi) is 5.24. The molecule has 3 nitrogen and oxygen atoms in total. The summed E-state index contributed by atoms with van der Waals surface area (Å²) < 4.78 is 0.872. The van der Waals surface area contributed by atoms with Gasteiger partial charge in [0.25, 0.3) is 0 Å². The minimum atomic E-state index is -1.31. The van der Waals surface area contributed by atoms with Crippen LogP contribution in [0.1, 0.15) is 24.1 Å². The van der Waals surface area contributed by atoms with Crippen LogP contribution in [-0.4, -0.2) is 22.1 Å². The lowest BCUT2D eigenvalue weighted by atomic mass is 9.92. The maximum Gasteiger partial charge on any atom is 0.306 e. The molecule has 1 aromatic heterocycles. The fourth-order valence-corrected chi connectivity index (χ4v) is 3.11. The van der Waals surface area contributed by atoms with Gasteiger partial charge in [-0.15, -0.1) is 22.9 Å². The van der Waals surface area contributed by atoms with Crippen molar-refractivity contribution in [1.29, 1.82) is 0 Å². The Morgan fingerprint density at radius 1 is 1.56 bits per heavy atom. The predicted molar refractivity (Wildman–Crippen MR) is 68.1 cm³/mol. The minimum Gasteiger partial charge on any atom is -0.481 e. The van der Waals surface area contributed by atoms with Gasteiger partial charge in [-0.25, -0.2) is 0 Å². The molecule has 0 bridgehead atoms. The van der Waals surface area contributed by atoms with E-state index >= 15 is 0 Å². The Labute approximate surface area is 111 Å². The molecule has 1 atom stereocenters. The lowest BCUT2D eigenvalue weighted by molar-refractivity contribution is -0.143. The normalized spacial score (nSPS) is 14.7. The van der Waals surface area contributed by atoms with Crippen LogP contribution in [0.15, 0.2) is 15.9 Å². The number of thiophene rings is 1. The van der Waals surface area contributed by atoms with E-state index in [4.69, 9.17) is 16.7 Å². The second-order valence-electron chi connectivity index (χ2n) is 3.50. The quantitative estimate of drug-likeness (QED) is 0.789. The molecule has 0 aromatic carbocycles. The fourth-order valence-electron chi connectivity index (χ4n) is 1.47. The Morgan fingerprint density at radius 2 is 2.25 bits per heavy atom. The summed E-state index contributed by atoms with van der Waals surface area (Å²) in [6.45, 7) is 0. The molecule has 2 N–H and O–H groups in total. The van der Waals surface area contributed by atoms with Crippen LogP contribution in [0.2, 0.25) is 0 Å². The number of hydrogen-bond donors (Lipinski definition) is 2. The van der Waals surface area contributed by atoms with Crippen molar-refractivity contribution in [2.24, 2.45) is 0 Å². The molecule has 90 valence electrons. The smallest absolute Gasteiger partial charge is 0.306 e. The van der Waals surface area contributed by atoms with E-state index in [2.05, 4.69) is 15.9 Å². The number of carboxylic acids is 1. The van der Waals surface area contributed by atoms with Crippen LogP contribution >= 0.6 is 38.9 Å². The van der Waals surface area contributed by atoms with Crippen molar-refractivity contribution in [2.45, 2.75) is 24.9 Å². The third-order valence-corrected chi connectivity index (χ3v) is 4.28. The molecule has 1 rings (SSSR count). The minimum absolute atomic E-state index is 0.295. The van der Waals surface area contributed by atoms with Gasteiger partial charge in [0.05, 0.1) is 10.2 Å². The lowest BCUT2D eigenvalue weighted by Crippen LogP contribution is -2.28. The topological polar surface area (TPSA) is 57.5 Å². The zero-order valence-electron chi connectivity index (χ0n) is 8.45. The molecule has 1 unspecified atom stereocenters. The van der Waals surface area contributed by atoms with E-state index in [1.807, 2.05) is 0 Å². The molecule has 0 aliphatic heterocycles. The summed E-state index contributed by atoms with van der Waals surface area (Å²) in [5.41, 5.74) is -1.31. The van der Waals surface area contributed by atoms with Gasteiger partial charge in [-0.3, -0.25) is 4.79 Å². The first-order valence-electron chi connectivity index (χ1n) is 4.74. The zero-order valence-corrected chi connectivity index (χ0v) is 11.6. The van der Waals surface area contributed by atoms with E-state index in [-0.39, 0.29) is 6.42 Å². The summed E-state index contributed by atoms with van der Waals surface area (Å²) in [5.74, 6) is -0.601. The predicted octanol–water partition coefficient (Wildman–Crippen LogP) is 3.19. The Hall–Kier alpha value is -0.100. The number of aliphatic hydroxyl groups is 1. The Morgan fingerprint density at radius 3 is 2.69 bits per heavy atom. The maximum absolute atomic E-state index is 10.8. The van der Waals surface area contributed by atoms with Gasteiger partial charge in [0.1, 0.15) is 5.60 Å². The summed E-state index contributed by atoms with van der Waals surface area (Å²) in [6, 6.07) is 3.54. The van der Waals surface area contributed by atoms with E-state index in [1.54, 1.807) is 12.1 Å². The Bertz CT molecular complexity index is 369. The number of carboxylic acid groups (broad SMARTS) is 1. The van der Waals surface area contributed by atoms with E-state index in [0.29, 0.717) is 23.6 Å². The van der Waals surface area contributed by atoms with E-state index in [0.717, 1.165) is 3.79 Å². The average molecular weight is 328 g/mol. The second-order valence-corrected chi connectivity index (χ2v) is 6.34. The second kappa shape index (κ2) is 6.00. The largest absolute Gasteiger partial charge is 0.481 e. The van der Waals surface area contributed by atoms with Crippen LogP contribution in [0.3, 0.4) is 0 Å². The van der Waals surface area contributed by atoms with Crippen LogP contribution in [-0.2, 0) is 10.4 Å². The molecule has 0 aliphatic carbocycles. The van der Waals surface area contributed by atoms with E-state index in [9.17, 15) is 9.90 Å². The van der Waals surface area contributed by atoms with Gasteiger partial charge >= 0.3 is 5.97 Å². The summed E-state index contributed by atoms with van der Waals surface area (Å²) >= 11 is 10.2. The molecule has 1 aromatic rings. The molecule has 1 heterocycles. The zero-order chi connectivity index (χ0) is 12.2. The monoisotopic (exact) mass is 326 g/mol. The molecule has 0 aliphatic rings. The van der Waals surface area contributed by atoms with Crippen LogP contribution in [0, 0.1) is 0 Å². The van der Waals surface area contributed by atoms with Crippen LogP contribution < -0.4 is 0 Å². The van der Waals surface area contributed by atoms with E-state index < -0.39 is 11.6 Å². The summed E-state index contributed by atoms with van der Waals surface area (Å²) in [7, 11) is 0. The summed E-state index contributed by atoms with van der Waals surface area (Å²) in [4.78, 5) is 11.4. The number of halogens is 2.